The number of hydrogen-bond acceptors (Lipinski definition) is 4. The molecule has 21 heavy (non-hydrogen) atoms. The Morgan fingerprint density at radius 3 is 2.95 bits per heavy atom. The number of carbonyl (C=O) groups is 1. The SMILES string of the molecule is O=C(O)c1cc(Cl)nc(N2CCOc3ccccc3C2)c1. The molecule has 1 aliphatic rings. The van der Waals surface area contributed by atoms with Crippen molar-refractivity contribution < 1.29 is 14.6 Å². The topological polar surface area (TPSA) is 62.7 Å². The summed E-state index contributed by atoms with van der Waals surface area (Å²) in [7, 11) is 0. The van der Waals surface area contributed by atoms with Crippen LogP contribution in [0.2, 0.25) is 5.15 Å². The Labute approximate surface area is 126 Å². The third-order valence-corrected chi connectivity index (χ3v) is 3.50. The minimum Gasteiger partial charge on any atom is -0.491 e. The molecule has 1 aromatic heterocycles. The van der Waals surface area contributed by atoms with Crippen LogP contribution in [0.25, 0.3) is 0 Å². The molecule has 0 spiro atoms. The summed E-state index contributed by atoms with van der Waals surface area (Å²) >= 11 is 5.92. The molecule has 1 aromatic carbocycles. The standard InChI is InChI=1S/C15H13ClN2O3/c16-13-7-11(15(19)20)8-14(17-13)18-5-6-21-12-4-2-1-3-10(12)9-18/h1-4,7-8H,5-6,9H2,(H,19,20). The summed E-state index contributed by atoms with van der Waals surface area (Å²) in [4.78, 5) is 17.3. The normalized spacial score (nSPS) is 14.0. The van der Waals surface area contributed by atoms with Crippen molar-refractivity contribution in [2.75, 3.05) is 18.1 Å². The van der Waals surface area contributed by atoms with E-state index in [2.05, 4.69) is 4.98 Å². The molecule has 0 aliphatic carbocycles. The molecule has 3 rings (SSSR count). The molecule has 0 fully saturated rings. The first-order valence-corrected chi connectivity index (χ1v) is 6.88. The van der Waals surface area contributed by atoms with E-state index in [1.54, 1.807) is 0 Å². The summed E-state index contributed by atoms with van der Waals surface area (Å²) < 4.78 is 5.69. The Bertz CT molecular complexity index is 690. The van der Waals surface area contributed by atoms with E-state index in [0.717, 1.165) is 11.3 Å². The highest BCUT2D eigenvalue weighted by molar-refractivity contribution is 6.29. The smallest absolute Gasteiger partial charge is 0.335 e. The van der Waals surface area contributed by atoms with Crippen molar-refractivity contribution in [2.45, 2.75) is 6.54 Å². The number of rotatable bonds is 2. The Morgan fingerprint density at radius 1 is 1.33 bits per heavy atom. The Morgan fingerprint density at radius 2 is 2.14 bits per heavy atom. The molecule has 0 atom stereocenters. The third-order valence-electron chi connectivity index (χ3n) is 3.30. The second kappa shape index (κ2) is 5.61. The maximum Gasteiger partial charge on any atom is 0.335 e. The van der Waals surface area contributed by atoms with Crippen molar-refractivity contribution in [3.63, 3.8) is 0 Å². The molecule has 1 aliphatic heterocycles. The molecule has 5 nitrogen and oxygen atoms in total. The maximum absolute atomic E-state index is 11.1. The zero-order valence-corrected chi connectivity index (χ0v) is 11.9. The van der Waals surface area contributed by atoms with Gasteiger partial charge in [-0.3, -0.25) is 0 Å². The number of carboxylic acid groups (broad SMARTS) is 1. The number of pyridine rings is 1. The molecule has 0 saturated heterocycles. The van der Waals surface area contributed by atoms with E-state index in [-0.39, 0.29) is 10.7 Å². The van der Waals surface area contributed by atoms with Crippen LogP contribution < -0.4 is 9.64 Å². The number of para-hydroxylation sites is 1. The second-order valence-electron chi connectivity index (χ2n) is 4.72. The number of aromatic carboxylic acids is 1. The fraction of sp³-hybridized carbons (Fsp3) is 0.200. The minimum atomic E-state index is -1.02. The monoisotopic (exact) mass is 304 g/mol. The number of benzene rings is 1. The summed E-state index contributed by atoms with van der Waals surface area (Å²) in [6.45, 7) is 1.72. The van der Waals surface area contributed by atoms with Gasteiger partial charge in [-0.2, -0.15) is 0 Å². The van der Waals surface area contributed by atoms with Crippen molar-refractivity contribution in [3.05, 3.63) is 52.7 Å². The molecule has 108 valence electrons. The van der Waals surface area contributed by atoms with Crippen LogP contribution in [-0.4, -0.2) is 29.2 Å². The molecule has 1 N–H and O–H groups in total. The molecule has 0 radical (unpaired) electrons. The Hall–Kier alpha value is -2.27. The van der Waals surface area contributed by atoms with Gasteiger partial charge in [0.2, 0.25) is 0 Å². The number of ether oxygens (including phenoxy) is 1. The third kappa shape index (κ3) is 2.92. The van der Waals surface area contributed by atoms with Gasteiger partial charge in [-0.05, 0) is 18.2 Å². The molecule has 0 unspecified atom stereocenters. The first kappa shape index (κ1) is 13.7. The highest BCUT2D eigenvalue weighted by Crippen LogP contribution is 2.26. The van der Waals surface area contributed by atoms with Crippen LogP contribution in [0.1, 0.15) is 15.9 Å². The van der Waals surface area contributed by atoms with Crippen LogP contribution >= 0.6 is 11.6 Å². The second-order valence-corrected chi connectivity index (χ2v) is 5.11. The van der Waals surface area contributed by atoms with Gasteiger partial charge in [-0.15, -0.1) is 0 Å². The van der Waals surface area contributed by atoms with Crippen molar-refractivity contribution in [1.29, 1.82) is 0 Å². The number of halogens is 1. The lowest BCUT2D eigenvalue weighted by Gasteiger charge is -2.21. The maximum atomic E-state index is 11.1. The van der Waals surface area contributed by atoms with Gasteiger partial charge in [0.05, 0.1) is 12.1 Å². The average Bonchev–Trinajstić information content (AvgIpc) is 2.68. The lowest BCUT2D eigenvalue weighted by atomic mass is 10.2. The van der Waals surface area contributed by atoms with E-state index >= 15 is 0 Å². The van der Waals surface area contributed by atoms with Gasteiger partial charge >= 0.3 is 5.97 Å². The summed E-state index contributed by atoms with van der Waals surface area (Å²) in [5.74, 6) is 0.368. The lowest BCUT2D eigenvalue weighted by molar-refractivity contribution is 0.0697. The van der Waals surface area contributed by atoms with Gasteiger partial charge in [0.1, 0.15) is 23.3 Å². The van der Waals surface area contributed by atoms with Crippen LogP contribution in [0.15, 0.2) is 36.4 Å². The summed E-state index contributed by atoms with van der Waals surface area (Å²) in [6.07, 6.45) is 0. The highest BCUT2D eigenvalue weighted by Gasteiger charge is 2.18. The fourth-order valence-electron chi connectivity index (χ4n) is 2.29. The largest absolute Gasteiger partial charge is 0.491 e. The van der Waals surface area contributed by atoms with Crippen molar-refractivity contribution in [2.24, 2.45) is 0 Å². The number of fused-ring (bicyclic) bond motifs is 1. The van der Waals surface area contributed by atoms with Gasteiger partial charge in [0.25, 0.3) is 0 Å². The van der Waals surface area contributed by atoms with Gasteiger partial charge in [0.15, 0.2) is 0 Å². The van der Waals surface area contributed by atoms with Crippen molar-refractivity contribution in [3.8, 4) is 5.75 Å². The van der Waals surface area contributed by atoms with E-state index in [1.807, 2.05) is 29.2 Å². The molecule has 6 heteroatoms. The van der Waals surface area contributed by atoms with Crippen LogP contribution in [0, 0.1) is 0 Å². The fourth-order valence-corrected chi connectivity index (χ4v) is 2.49. The predicted molar refractivity (Wildman–Crippen MR) is 79.2 cm³/mol. The summed E-state index contributed by atoms with van der Waals surface area (Å²) in [5.41, 5.74) is 1.16. The lowest BCUT2D eigenvalue weighted by Crippen LogP contribution is -2.26. The van der Waals surface area contributed by atoms with E-state index < -0.39 is 5.97 Å². The first-order chi connectivity index (χ1) is 10.1. The number of hydrogen-bond donors (Lipinski definition) is 1. The quantitative estimate of drug-likeness (QED) is 0.864. The molecule has 0 amide bonds. The van der Waals surface area contributed by atoms with E-state index in [0.29, 0.717) is 25.5 Å². The van der Waals surface area contributed by atoms with Crippen LogP contribution in [0.5, 0.6) is 5.75 Å². The summed E-state index contributed by atoms with van der Waals surface area (Å²) in [6, 6.07) is 10.6. The molecule has 2 aromatic rings. The van der Waals surface area contributed by atoms with Gasteiger partial charge in [-0.25, -0.2) is 9.78 Å². The van der Waals surface area contributed by atoms with Crippen LogP contribution in [0.3, 0.4) is 0 Å². The summed E-state index contributed by atoms with van der Waals surface area (Å²) in [5, 5.41) is 9.29. The highest BCUT2D eigenvalue weighted by atomic mass is 35.5. The number of nitrogens with zero attached hydrogens (tertiary/aromatic N) is 2. The van der Waals surface area contributed by atoms with Gasteiger partial charge < -0.3 is 14.7 Å². The Kier molecular flexibility index (Phi) is 3.66. The average molecular weight is 305 g/mol. The number of anilines is 1. The minimum absolute atomic E-state index is 0.128. The van der Waals surface area contributed by atoms with Gasteiger partial charge in [-0.1, -0.05) is 29.8 Å². The van der Waals surface area contributed by atoms with Crippen molar-refractivity contribution >= 4 is 23.4 Å². The molecular weight excluding hydrogens is 292 g/mol. The molecule has 0 bridgehead atoms. The van der Waals surface area contributed by atoms with E-state index in [4.69, 9.17) is 21.4 Å². The van der Waals surface area contributed by atoms with E-state index in [1.165, 1.54) is 12.1 Å². The predicted octanol–water partition coefficient (Wildman–Crippen LogP) is 2.83. The number of aromatic nitrogens is 1. The zero-order valence-electron chi connectivity index (χ0n) is 11.1. The molecule has 2 heterocycles. The van der Waals surface area contributed by atoms with Gasteiger partial charge in [0, 0.05) is 12.1 Å². The first-order valence-electron chi connectivity index (χ1n) is 6.50. The zero-order chi connectivity index (χ0) is 14.8. The van der Waals surface area contributed by atoms with Crippen LogP contribution in [0.4, 0.5) is 5.82 Å². The molecule has 0 saturated carbocycles. The Balaban J connectivity index is 1.95. The van der Waals surface area contributed by atoms with Crippen molar-refractivity contribution in [1.82, 2.24) is 4.98 Å². The molecular formula is C15H13ClN2O3. The van der Waals surface area contributed by atoms with Crippen LogP contribution in [-0.2, 0) is 6.54 Å². The van der Waals surface area contributed by atoms with E-state index in [9.17, 15) is 4.79 Å². The number of carboxylic acids is 1.